The van der Waals surface area contributed by atoms with Crippen molar-refractivity contribution in [3.05, 3.63) is 64.7 Å². The Labute approximate surface area is 179 Å². The summed E-state index contributed by atoms with van der Waals surface area (Å²) in [6.45, 7) is 10.3. The highest BCUT2D eigenvalue weighted by Gasteiger charge is 2.62. The van der Waals surface area contributed by atoms with Gasteiger partial charge >= 0.3 is 0 Å². The summed E-state index contributed by atoms with van der Waals surface area (Å²) in [5.74, 6) is 1.63. The van der Waals surface area contributed by atoms with Crippen molar-refractivity contribution in [2.24, 2.45) is 11.3 Å². The molecule has 1 saturated heterocycles. The third-order valence-corrected chi connectivity index (χ3v) is 7.92. The SMILES string of the molecule is CC(C)c1cc2c(cc1OCc1ccccc1)[C@@]1(C)CCC[C@@]3(C)CO[C@@H](C2=O)C31. The number of carbonyl (C=O) groups excluding carboxylic acids is 1. The van der Waals surface area contributed by atoms with E-state index in [-0.39, 0.29) is 34.6 Å². The zero-order chi connectivity index (χ0) is 21.1. The Morgan fingerprint density at radius 2 is 1.90 bits per heavy atom. The highest BCUT2D eigenvalue weighted by Crippen LogP contribution is 2.61. The Morgan fingerprint density at radius 3 is 2.63 bits per heavy atom. The quantitative estimate of drug-likeness (QED) is 0.622. The molecule has 1 aliphatic heterocycles. The summed E-state index contributed by atoms with van der Waals surface area (Å²) in [6.07, 6.45) is 3.14. The molecule has 4 atom stereocenters. The van der Waals surface area contributed by atoms with E-state index < -0.39 is 0 Å². The van der Waals surface area contributed by atoms with Gasteiger partial charge in [0.05, 0.1) is 6.61 Å². The number of ketones is 1. The van der Waals surface area contributed by atoms with Crippen LogP contribution in [0.1, 0.15) is 79.9 Å². The molecule has 1 heterocycles. The van der Waals surface area contributed by atoms with Crippen molar-refractivity contribution in [1.29, 1.82) is 0 Å². The van der Waals surface area contributed by atoms with Gasteiger partial charge in [-0.1, -0.05) is 64.4 Å². The van der Waals surface area contributed by atoms with E-state index >= 15 is 0 Å². The maximum Gasteiger partial charge on any atom is 0.192 e. The second-order valence-corrected chi connectivity index (χ2v) is 10.4. The van der Waals surface area contributed by atoms with E-state index in [0.717, 1.165) is 35.3 Å². The van der Waals surface area contributed by atoms with E-state index in [1.807, 2.05) is 18.2 Å². The summed E-state index contributed by atoms with van der Waals surface area (Å²) in [4.78, 5) is 13.5. The molecule has 1 unspecified atom stereocenters. The number of Topliss-reactive ketones (excluding diaryl/α,β-unsaturated/α-hetero) is 1. The predicted molar refractivity (Wildman–Crippen MR) is 118 cm³/mol. The van der Waals surface area contributed by atoms with Gasteiger partial charge in [0.15, 0.2) is 5.78 Å². The lowest BCUT2D eigenvalue weighted by atomic mass is 9.50. The highest BCUT2D eigenvalue weighted by molar-refractivity contribution is 6.03. The molecule has 2 aromatic carbocycles. The summed E-state index contributed by atoms with van der Waals surface area (Å²) in [7, 11) is 0. The summed E-state index contributed by atoms with van der Waals surface area (Å²) < 4.78 is 12.5. The molecule has 3 nitrogen and oxygen atoms in total. The van der Waals surface area contributed by atoms with Crippen molar-refractivity contribution in [3.63, 3.8) is 0 Å². The number of carbonyl (C=O) groups is 1. The van der Waals surface area contributed by atoms with E-state index in [0.29, 0.717) is 13.2 Å². The third-order valence-electron chi connectivity index (χ3n) is 7.92. The van der Waals surface area contributed by atoms with Crippen molar-refractivity contribution in [1.82, 2.24) is 0 Å². The average Bonchev–Trinajstić information content (AvgIpc) is 3.10. The van der Waals surface area contributed by atoms with Gasteiger partial charge in [-0.05, 0) is 58.4 Å². The Bertz CT molecular complexity index is 979. The van der Waals surface area contributed by atoms with Crippen LogP contribution < -0.4 is 4.74 Å². The first-order chi connectivity index (χ1) is 14.3. The molecule has 2 fully saturated rings. The maximum absolute atomic E-state index is 13.5. The van der Waals surface area contributed by atoms with Gasteiger partial charge in [0.2, 0.25) is 0 Å². The molecule has 0 aromatic heterocycles. The Balaban J connectivity index is 1.61. The number of ether oxygens (including phenoxy) is 2. The maximum atomic E-state index is 13.5. The fourth-order valence-electron chi connectivity index (χ4n) is 6.44. The van der Waals surface area contributed by atoms with Crippen LogP contribution in [0.4, 0.5) is 0 Å². The van der Waals surface area contributed by atoms with Gasteiger partial charge in [0.1, 0.15) is 18.5 Å². The van der Waals surface area contributed by atoms with Gasteiger partial charge in [-0.15, -0.1) is 0 Å². The molecule has 2 aliphatic carbocycles. The zero-order valence-corrected chi connectivity index (χ0v) is 18.5. The number of rotatable bonds is 4. The first-order valence-electron chi connectivity index (χ1n) is 11.3. The van der Waals surface area contributed by atoms with Crippen LogP contribution >= 0.6 is 0 Å². The number of fused-ring (bicyclic) bond motifs is 2. The predicted octanol–water partition coefficient (Wildman–Crippen LogP) is 6.05. The van der Waals surface area contributed by atoms with Crippen molar-refractivity contribution in [2.45, 2.75) is 71.0 Å². The molecule has 1 saturated carbocycles. The van der Waals surface area contributed by atoms with Crippen molar-refractivity contribution in [3.8, 4) is 5.75 Å². The van der Waals surface area contributed by atoms with E-state index in [4.69, 9.17) is 9.47 Å². The minimum Gasteiger partial charge on any atom is -0.489 e. The highest BCUT2D eigenvalue weighted by atomic mass is 16.5. The lowest BCUT2D eigenvalue weighted by Gasteiger charge is -2.52. The normalized spacial score (nSPS) is 32.1. The standard InChI is InChI=1S/C27H32O3/c1-17(2)19-13-20-21(14-22(19)29-15-18-9-6-5-7-10-18)27(4)12-8-11-26(3)16-30-24(23(20)28)25(26)27/h5-7,9-10,13-14,17,24-25H,8,11-12,15-16H2,1-4H3/t24-,25?,26-,27+/m0/s1. The van der Waals surface area contributed by atoms with Crippen LogP contribution in [0.2, 0.25) is 0 Å². The molecule has 30 heavy (non-hydrogen) atoms. The van der Waals surface area contributed by atoms with Crippen LogP contribution in [-0.2, 0) is 16.8 Å². The molecule has 0 amide bonds. The molecule has 0 radical (unpaired) electrons. The van der Waals surface area contributed by atoms with Crippen LogP contribution in [-0.4, -0.2) is 18.5 Å². The smallest absolute Gasteiger partial charge is 0.192 e. The lowest BCUT2D eigenvalue weighted by molar-refractivity contribution is 0.0316. The van der Waals surface area contributed by atoms with E-state index in [9.17, 15) is 4.79 Å². The van der Waals surface area contributed by atoms with Gasteiger partial charge in [0, 0.05) is 11.5 Å². The Kier molecular flexibility index (Phi) is 4.59. The third kappa shape index (κ3) is 2.85. The van der Waals surface area contributed by atoms with Crippen molar-refractivity contribution >= 4 is 5.78 Å². The Hall–Kier alpha value is -2.13. The second kappa shape index (κ2) is 6.95. The zero-order valence-electron chi connectivity index (χ0n) is 18.5. The van der Waals surface area contributed by atoms with Gasteiger partial charge < -0.3 is 9.47 Å². The van der Waals surface area contributed by atoms with E-state index in [1.165, 1.54) is 12.0 Å². The van der Waals surface area contributed by atoms with Gasteiger partial charge in [-0.3, -0.25) is 4.79 Å². The fraction of sp³-hybridized carbons (Fsp3) is 0.519. The van der Waals surface area contributed by atoms with Crippen LogP contribution in [0.3, 0.4) is 0 Å². The van der Waals surface area contributed by atoms with Crippen molar-refractivity contribution < 1.29 is 14.3 Å². The molecule has 3 aliphatic rings. The van der Waals surface area contributed by atoms with Gasteiger partial charge in [-0.2, -0.15) is 0 Å². The molecule has 158 valence electrons. The monoisotopic (exact) mass is 404 g/mol. The minimum absolute atomic E-state index is 0.0439. The fourth-order valence-corrected chi connectivity index (χ4v) is 6.44. The second-order valence-electron chi connectivity index (χ2n) is 10.4. The molecular weight excluding hydrogens is 372 g/mol. The lowest BCUT2D eigenvalue weighted by Crippen LogP contribution is -2.54. The first kappa shape index (κ1) is 19.8. The van der Waals surface area contributed by atoms with Crippen molar-refractivity contribution in [2.75, 3.05) is 6.61 Å². The molecule has 0 spiro atoms. The van der Waals surface area contributed by atoms with Gasteiger partial charge in [0.25, 0.3) is 0 Å². The van der Waals surface area contributed by atoms with Crippen LogP contribution in [0, 0.1) is 11.3 Å². The van der Waals surface area contributed by atoms with E-state index in [2.05, 4.69) is 52.0 Å². The number of hydrogen-bond donors (Lipinski definition) is 0. The summed E-state index contributed by atoms with van der Waals surface area (Å²) in [5.41, 5.74) is 4.35. The van der Waals surface area contributed by atoms with E-state index in [1.54, 1.807) is 0 Å². The minimum atomic E-state index is -0.288. The Morgan fingerprint density at radius 1 is 1.13 bits per heavy atom. The van der Waals surface area contributed by atoms with Crippen LogP contribution in [0.15, 0.2) is 42.5 Å². The van der Waals surface area contributed by atoms with Crippen LogP contribution in [0.5, 0.6) is 5.75 Å². The summed E-state index contributed by atoms with van der Waals surface area (Å²) in [5, 5.41) is 0. The summed E-state index contributed by atoms with van der Waals surface area (Å²) >= 11 is 0. The van der Waals surface area contributed by atoms with Crippen LogP contribution in [0.25, 0.3) is 0 Å². The molecule has 2 aromatic rings. The summed E-state index contributed by atoms with van der Waals surface area (Å²) in [6, 6.07) is 14.6. The molecule has 0 bridgehead atoms. The number of hydrogen-bond acceptors (Lipinski definition) is 3. The first-order valence-corrected chi connectivity index (χ1v) is 11.3. The average molecular weight is 405 g/mol. The van der Waals surface area contributed by atoms with Gasteiger partial charge in [-0.25, -0.2) is 0 Å². The molecule has 5 rings (SSSR count). The molecule has 0 N–H and O–H groups in total. The number of benzene rings is 2. The largest absolute Gasteiger partial charge is 0.489 e. The molecule has 3 heteroatoms. The molecular formula is C27H32O3. The topological polar surface area (TPSA) is 35.5 Å².